The van der Waals surface area contributed by atoms with Crippen LogP contribution < -0.4 is 57.9 Å². The molecule has 0 bridgehead atoms. The van der Waals surface area contributed by atoms with Crippen LogP contribution in [0.5, 0.6) is 5.75 Å². The van der Waals surface area contributed by atoms with E-state index in [9.17, 15) is 75.4 Å². The van der Waals surface area contributed by atoms with Gasteiger partial charge in [0.1, 0.15) is 71.6 Å². The number of alkyl carbamates (subject to hydrolysis) is 2. The van der Waals surface area contributed by atoms with Gasteiger partial charge in [-0.25, -0.2) is 22.8 Å². The Morgan fingerprint density at radius 3 is 1.40 bits per heavy atom. The smallest absolute Gasteiger partial charge is 0.407 e. The third-order valence-corrected chi connectivity index (χ3v) is 17.6. The summed E-state index contributed by atoms with van der Waals surface area (Å²) in [6.45, 7) is 21.9. The van der Waals surface area contributed by atoms with E-state index < -0.39 is 233 Å². The Bertz CT molecular complexity index is 3600. The molecule has 3 fully saturated rings. The summed E-state index contributed by atoms with van der Waals surface area (Å²) in [6.07, 6.45) is -4.89. The molecular weight excluding hydrogens is 1430 g/mol. The number of carbonyl (C=O) groups excluding carboxylic acids is 13. The number of carbonyl (C=O) groups is 13. The normalized spacial score (nSPS) is 23.7. The minimum absolute atomic E-state index is 0.0106. The minimum Gasteiger partial charge on any atom is -0.444 e. The average molecular weight is 1530 g/mol. The number of azide groups is 1. The number of benzene rings is 2. The van der Waals surface area contributed by atoms with Crippen LogP contribution in [0, 0.1) is 52.8 Å². The third-order valence-electron chi connectivity index (χ3n) is 17.6. The summed E-state index contributed by atoms with van der Waals surface area (Å²) in [5.41, 5.74) is 8.45. The van der Waals surface area contributed by atoms with Crippen molar-refractivity contribution in [2.75, 3.05) is 26.2 Å². The lowest BCUT2D eigenvalue weighted by atomic mass is 9.99. The molecule has 3 aliphatic heterocycles. The molecule has 0 aliphatic carbocycles. The summed E-state index contributed by atoms with van der Waals surface area (Å²) in [5, 5.41) is 30.1. The first-order chi connectivity index (χ1) is 50.5. The summed E-state index contributed by atoms with van der Waals surface area (Å²) in [7, 11) is 0. The van der Waals surface area contributed by atoms with Crippen molar-refractivity contribution >= 4 is 77.2 Å². The lowest BCUT2D eigenvalue weighted by Crippen LogP contribution is -2.62. The monoisotopic (exact) mass is 1530 g/mol. The molecule has 36 heteroatoms. The molecule has 12 amide bonds. The number of halogens is 5. The summed E-state index contributed by atoms with van der Waals surface area (Å²) < 4.78 is 88.0. The zero-order valence-electron chi connectivity index (χ0n) is 63.5. The molecule has 11 atom stereocenters. The molecule has 3 heterocycles. The summed E-state index contributed by atoms with van der Waals surface area (Å²) in [6, 6.07) is -8.41. The third kappa shape index (κ3) is 26.8. The zero-order chi connectivity index (χ0) is 80.8. The molecule has 0 radical (unpaired) electrons. The first-order valence-electron chi connectivity index (χ1n) is 36.3. The lowest BCUT2D eigenvalue weighted by molar-refractivity contribution is -0.144. The lowest BCUT2D eigenvalue weighted by Gasteiger charge is -2.33. The Morgan fingerprint density at radius 2 is 0.954 bits per heavy atom. The first-order valence-corrected chi connectivity index (χ1v) is 36.3. The van der Waals surface area contributed by atoms with Gasteiger partial charge in [0.25, 0.3) is 0 Å². The van der Waals surface area contributed by atoms with E-state index in [1.165, 1.54) is 18.7 Å². The maximum atomic E-state index is 15.3. The van der Waals surface area contributed by atoms with Gasteiger partial charge in [0.05, 0.1) is 6.04 Å². The first kappa shape index (κ1) is 88.7. The molecule has 108 heavy (non-hydrogen) atoms. The second kappa shape index (κ2) is 40.3. The molecule has 0 spiro atoms. The molecular formula is C72H104F5N15O16. The van der Waals surface area contributed by atoms with Crippen LogP contribution in [0.4, 0.5) is 31.5 Å². The highest BCUT2D eigenvalue weighted by Crippen LogP contribution is 2.31. The van der Waals surface area contributed by atoms with Crippen LogP contribution in [-0.2, 0) is 68.6 Å². The van der Waals surface area contributed by atoms with Gasteiger partial charge in [0.15, 0.2) is 0 Å². The number of amides is 12. The molecule has 10 N–H and O–H groups in total. The molecule has 5 rings (SSSR count). The highest BCUT2D eigenvalue weighted by atomic mass is 19.2. The van der Waals surface area contributed by atoms with Crippen LogP contribution in [0.2, 0.25) is 0 Å². The Labute approximate surface area is 624 Å². The van der Waals surface area contributed by atoms with E-state index in [4.69, 9.17) is 9.47 Å². The van der Waals surface area contributed by atoms with Gasteiger partial charge in [-0.05, 0) is 141 Å². The van der Waals surface area contributed by atoms with Gasteiger partial charge in [-0.15, -0.1) is 0 Å². The maximum Gasteiger partial charge on any atom is 0.407 e. The molecule has 0 aromatic heterocycles. The van der Waals surface area contributed by atoms with Crippen molar-refractivity contribution in [3.8, 4) is 5.75 Å². The largest absolute Gasteiger partial charge is 0.444 e. The average Bonchev–Trinajstić information content (AvgIpc) is 1.14. The van der Waals surface area contributed by atoms with Crippen LogP contribution in [0.15, 0.2) is 35.4 Å². The van der Waals surface area contributed by atoms with Gasteiger partial charge in [0, 0.05) is 43.9 Å². The van der Waals surface area contributed by atoms with Gasteiger partial charge < -0.3 is 77.2 Å². The fraction of sp³-hybridized carbons (Fsp3) is 0.653. The standard InChI is InChI=1S/C72H104F5N15O16/c1-36(2)31-45-61(96)83-44(26-27-50(93)106-58-54(76)52(74)51(73)53(75)55(58)77)67(102)92-35-41(89-90-78)34-49(92)64(99)88-57(39(7)8)66(101)82-43(24-19-29-80-70(105)108-72(12,13)14)60(95)85-46(32-37(3)4)62(97)86-47(33-40-21-16-15-17-22-40)68(103)91-30-20-25-48(91)63(98)87-56(38(5)6)65(100)81-42(59(94)84-45)23-18-28-79-69(104)107-71(9,10)11/h15-17,21-22,36-39,41-49,56-57H,18-20,23-35H2,1-14H3,(H,79,104)(H,80,105)(H,81,100)(H,82,101)(H,83,96)(H,84,94)(H,85,95)(H,86,97)(H,87,98)(H,88,99)/t41-,42+,43+,44-,45+,46+,47-,48+,49+,56+,57+/m1/s1. The molecule has 31 nitrogen and oxygen atoms in total. The number of hydrogen-bond acceptors (Lipinski definition) is 17. The Kier molecular flexibility index (Phi) is 33.1. The number of nitrogens with zero attached hydrogens (tertiary/aromatic N) is 5. The van der Waals surface area contributed by atoms with Crippen molar-refractivity contribution in [2.24, 2.45) is 28.8 Å². The van der Waals surface area contributed by atoms with E-state index >= 15 is 14.4 Å². The van der Waals surface area contributed by atoms with Crippen LogP contribution in [0.1, 0.15) is 173 Å². The Morgan fingerprint density at radius 1 is 0.537 bits per heavy atom. The second-order valence-corrected chi connectivity index (χ2v) is 30.6. The van der Waals surface area contributed by atoms with Crippen LogP contribution in [0.3, 0.4) is 0 Å². The van der Waals surface area contributed by atoms with E-state index in [0.717, 1.165) is 4.90 Å². The van der Waals surface area contributed by atoms with Gasteiger partial charge in [-0.3, -0.25) is 52.7 Å². The number of hydrogen-bond donors (Lipinski definition) is 10. The van der Waals surface area contributed by atoms with E-state index in [0.29, 0.717) is 5.56 Å². The fourth-order valence-electron chi connectivity index (χ4n) is 12.3. The van der Waals surface area contributed by atoms with Crippen LogP contribution in [0.25, 0.3) is 10.4 Å². The van der Waals surface area contributed by atoms with Gasteiger partial charge in [-0.1, -0.05) is 90.8 Å². The maximum absolute atomic E-state index is 15.3. The number of fused-ring (bicyclic) bond motifs is 2. The molecule has 3 aliphatic rings. The van der Waals surface area contributed by atoms with Crippen LogP contribution >= 0.6 is 0 Å². The number of esters is 1. The van der Waals surface area contributed by atoms with Gasteiger partial charge >= 0.3 is 18.2 Å². The van der Waals surface area contributed by atoms with Crippen molar-refractivity contribution in [3.05, 3.63) is 75.4 Å². The highest BCUT2D eigenvalue weighted by molar-refractivity contribution is 6.00. The topological polar surface area (TPSA) is 425 Å². The summed E-state index contributed by atoms with van der Waals surface area (Å²) in [5.74, 6) is -28.6. The summed E-state index contributed by atoms with van der Waals surface area (Å²) >= 11 is 0. The van der Waals surface area contributed by atoms with Gasteiger partial charge in [0.2, 0.25) is 93.9 Å². The zero-order valence-corrected chi connectivity index (χ0v) is 63.5. The van der Waals surface area contributed by atoms with E-state index in [-0.39, 0.29) is 83.3 Å². The second-order valence-electron chi connectivity index (χ2n) is 30.6. The molecule has 0 unspecified atom stereocenters. The van der Waals surface area contributed by atoms with Crippen molar-refractivity contribution in [1.29, 1.82) is 0 Å². The Balaban J connectivity index is 1.69. The van der Waals surface area contributed by atoms with Crippen molar-refractivity contribution < 1.29 is 98.5 Å². The minimum atomic E-state index is -2.58. The summed E-state index contributed by atoms with van der Waals surface area (Å²) in [4.78, 5) is 194. The van der Waals surface area contributed by atoms with E-state index in [1.807, 2.05) is 0 Å². The molecule has 2 aromatic rings. The molecule has 3 saturated heterocycles. The predicted octanol–water partition coefficient (Wildman–Crippen LogP) is 5.49. The highest BCUT2D eigenvalue weighted by Gasteiger charge is 2.46. The SMILES string of the molecule is CC(C)C[C@@H]1NC(=O)[C@H](CCCNC(=O)OC(C)(C)C)NC(=O)[C@H](C(C)C)NC(=O)[C@@H]2C[C@@H](N=[N+]=[N-])CN2C(=O)[C@@H](CCC(=O)Oc2c(F)c(F)c(F)c(F)c2F)NC(=O)[C@H](CC(C)C)NC(=O)[C@H](CCCNC(=O)OC(C)(C)C)NC(=O)[C@H](C(C)C)NC(=O)[C@@H]2CCCN2C(=O)[C@@H](Cc2ccccc2)NC1=O. The fourth-order valence-corrected chi connectivity index (χ4v) is 12.3. The number of nitrogens with one attached hydrogen (secondary N) is 10. The number of ether oxygens (including phenoxy) is 3. The number of rotatable bonds is 21. The van der Waals surface area contributed by atoms with E-state index in [2.05, 4.69) is 67.9 Å². The van der Waals surface area contributed by atoms with E-state index in [1.54, 1.807) is 113 Å². The quantitative estimate of drug-likeness (QED) is 0.00850. The molecule has 2 aromatic carbocycles. The van der Waals surface area contributed by atoms with Gasteiger partial charge in [-0.2, -0.15) is 8.78 Å². The molecule has 598 valence electrons. The van der Waals surface area contributed by atoms with Crippen molar-refractivity contribution in [2.45, 2.75) is 252 Å². The van der Waals surface area contributed by atoms with Crippen LogP contribution in [-0.4, -0.2) is 191 Å². The molecule has 0 saturated carbocycles. The van der Waals surface area contributed by atoms with Crippen molar-refractivity contribution in [3.63, 3.8) is 0 Å². The predicted molar refractivity (Wildman–Crippen MR) is 380 cm³/mol. The van der Waals surface area contributed by atoms with Crippen molar-refractivity contribution in [1.82, 2.24) is 63.0 Å². The Hall–Kier alpha value is -9.89.